The van der Waals surface area contributed by atoms with Gasteiger partial charge in [0.15, 0.2) is 6.29 Å². The minimum atomic E-state index is -4.14. The number of benzene rings is 2. The number of carbonyl (C=O) groups excluding carboxylic acids is 1. The Bertz CT molecular complexity index is 1400. The topological polar surface area (TPSA) is 155 Å². The first-order chi connectivity index (χ1) is 21.0. The molecule has 0 aliphatic carbocycles. The number of hydrogen-bond acceptors (Lipinski definition) is 9. The molecule has 44 heavy (non-hydrogen) atoms. The number of anilines is 1. The quantitative estimate of drug-likeness (QED) is 0.284. The maximum atomic E-state index is 14.2. The third-order valence-electron chi connectivity index (χ3n) is 8.56. The molecule has 4 rings (SSSR count). The first kappa shape index (κ1) is 33.7. The number of amides is 1. The molecule has 2 heterocycles. The normalized spacial score (nSPS) is 21.4. The second-order valence-corrected chi connectivity index (χ2v) is 14.3. The largest absolute Gasteiger partial charge is 0.530 e. The van der Waals surface area contributed by atoms with Crippen LogP contribution in [-0.2, 0) is 25.9 Å². The van der Waals surface area contributed by atoms with E-state index in [1.54, 1.807) is 19.2 Å². The standard InChI is InChI=1S/C32H44N4O7S/c1-32(2,15-7-8-16-33)22-35(44(40,41)25-13-9-12-24(19-25)34-3)20-29(37)27(18-23-10-5-4-6-11-23)36(31(38)39)28-21-43-30-26(28)14-17-42-30/h4-6,9-13,19,26-30,34,37H,7-8,14-15,17-18,20-22H2,1-3H3,(H,38,39)/p-1/t26-,27-,28-,29+,30+/m0/s1. The summed E-state index contributed by atoms with van der Waals surface area (Å²) in [5.41, 5.74) is 0.856. The Morgan fingerprint density at radius 3 is 2.64 bits per heavy atom. The summed E-state index contributed by atoms with van der Waals surface area (Å²) in [6, 6.07) is 16.1. The molecule has 240 valence electrons. The lowest BCUT2D eigenvalue weighted by Gasteiger charge is -2.43. The Labute approximate surface area is 260 Å². The van der Waals surface area contributed by atoms with Crippen LogP contribution in [0.2, 0.25) is 0 Å². The Kier molecular flexibility index (Phi) is 11.3. The van der Waals surface area contributed by atoms with Crippen molar-refractivity contribution in [1.29, 1.82) is 5.26 Å². The zero-order valence-corrected chi connectivity index (χ0v) is 26.4. The van der Waals surface area contributed by atoms with E-state index in [1.807, 2.05) is 44.2 Å². The summed E-state index contributed by atoms with van der Waals surface area (Å²) in [6.07, 6.45) is -1.13. The molecule has 0 radical (unpaired) electrons. The number of rotatable bonds is 15. The highest BCUT2D eigenvalue weighted by molar-refractivity contribution is 7.89. The molecule has 0 spiro atoms. The second-order valence-electron chi connectivity index (χ2n) is 12.3. The van der Waals surface area contributed by atoms with Crippen LogP contribution in [0.15, 0.2) is 59.5 Å². The highest BCUT2D eigenvalue weighted by Crippen LogP contribution is 2.36. The molecule has 2 aliphatic rings. The van der Waals surface area contributed by atoms with Crippen LogP contribution in [-0.4, -0.2) is 86.7 Å². The molecule has 2 aromatic carbocycles. The summed E-state index contributed by atoms with van der Waals surface area (Å²) < 4.78 is 41.0. The number of carbonyl (C=O) groups is 1. The Balaban J connectivity index is 1.71. The van der Waals surface area contributed by atoms with Gasteiger partial charge in [-0.05, 0) is 54.9 Å². The van der Waals surface area contributed by atoms with E-state index in [0.29, 0.717) is 38.0 Å². The van der Waals surface area contributed by atoms with Gasteiger partial charge in [0, 0.05) is 38.2 Å². The van der Waals surface area contributed by atoms with Gasteiger partial charge < -0.3 is 34.7 Å². The van der Waals surface area contributed by atoms with Gasteiger partial charge in [-0.3, -0.25) is 0 Å². The predicted octanol–water partition coefficient (Wildman–Crippen LogP) is 2.82. The van der Waals surface area contributed by atoms with Crippen molar-refractivity contribution in [2.24, 2.45) is 11.3 Å². The van der Waals surface area contributed by atoms with Gasteiger partial charge in [0.05, 0.1) is 42.4 Å². The Morgan fingerprint density at radius 1 is 1.20 bits per heavy atom. The van der Waals surface area contributed by atoms with Gasteiger partial charge in [0.1, 0.15) is 6.09 Å². The number of aliphatic hydroxyl groups is 1. The van der Waals surface area contributed by atoms with Crippen molar-refractivity contribution < 1.29 is 32.9 Å². The molecule has 0 saturated carbocycles. The molecule has 12 heteroatoms. The average molecular weight is 628 g/mol. The van der Waals surface area contributed by atoms with Crippen molar-refractivity contribution in [1.82, 2.24) is 9.21 Å². The fraction of sp³-hybridized carbons (Fsp3) is 0.562. The number of fused-ring (bicyclic) bond motifs is 1. The van der Waals surface area contributed by atoms with Crippen molar-refractivity contribution in [2.45, 2.75) is 75.3 Å². The van der Waals surface area contributed by atoms with Gasteiger partial charge in [-0.25, -0.2) is 8.42 Å². The number of carboxylic acid groups (broad SMARTS) is 1. The second kappa shape index (κ2) is 14.7. The van der Waals surface area contributed by atoms with Crippen molar-refractivity contribution in [3.63, 3.8) is 0 Å². The van der Waals surface area contributed by atoms with E-state index in [4.69, 9.17) is 14.7 Å². The maximum Gasteiger partial charge on any atom is 0.243 e. The smallest absolute Gasteiger partial charge is 0.243 e. The fourth-order valence-corrected chi connectivity index (χ4v) is 7.96. The van der Waals surface area contributed by atoms with Gasteiger partial charge in [-0.2, -0.15) is 9.57 Å². The Morgan fingerprint density at radius 2 is 1.95 bits per heavy atom. The molecule has 2 aromatic rings. The van der Waals surface area contributed by atoms with Crippen molar-refractivity contribution in [3.05, 3.63) is 60.2 Å². The van der Waals surface area contributed by atoms with Gasteiger partial charge in [0.2, 0.25) is 10.0 Å². The molecule has 1 amide bonds. The molecule has 0 unspecified atom stereocenters. The van der Waals surface area contributed by atoms with Gasteiger partial charge in [0.25, 0.3) is 0 Å². The highest BCUT2D eigenvalue weighted by Gasteiger charge is 2.47. The molecule has 0 aromatic heterocycles. The third-order valence-corrected chi connectivity index (χ3v) is 10.4. The minimum absolute atomic E-state index is 0.0516. The fourth-order valence-electron chi connectivity index (χ4n) is 6.26. The van der Waals surface area contributed by atoms with Crippen LogP contribution >= 0.6 is 0 Å². The zero-order chi connectivity index (χ0) is 31.9. The maximum absolute atomic E-state index is 14.2. The molecule has 5 atom stereocenters. The van der Waals surface area contributed by atoms with Crippen LogP contribution in [0.3, 0.4) is 0 Å². The van der Waals surface area contributed by atoms with Gasteiger partial charge in [-0.1, -0.05) is 50.2 Å². The first-order valence-corrected chi connectivity index (χ1v) is 16.5. The number of hydrogen-bond donors (Lipinski definition) is 2. The number of ether oxygens (including phenoxy) is 2. The molecule has 11 nitrogen and oxygen atoms in total. The number of sulfonamides is 1. The highest BCUT2D eigenvalue weighted by atomic mass is 32.2. The summed E-state index contributed by atoms with van der Waals surface area (Å²) in [5.74, 6) is -0.221. The van der Waals surface area contributed by atoms with Crippen LogP contribution < -0.4 is 10.4 Å². The van der Waals surface area contributed by atoms with E-state index in [-0.39, 0.29) is 36.9 Å². The van der Waals surface area contributed by atoms with E-state index in [0.717, 1.165) is 10.5 Å². The molecule has 2 saturated heterocycles. The lowest BCUT2D eigenvalue weighted by molar-refractivity contribution is -0.273. The molecule has 2 N–H and O–H groups in total. The molecule has 0 bridgehead atoms. The summed E-state index contributed by atoms with van der Waals surface area (Å²) in [5, 5.41) is 36.7. The van der Waals surface area contributed by atoms with E-state index in [2.05, 4.69) is 11.4 Å². The average Bonchev–Trinajstić information content (AvgIpc) is 3.62. The monoisotopic (exact) mass is 627 g/mol. The lowest BCUT2D eigenvalue weighted by Crippen LogP contribution is -2.61. The number of nitriles is 1. The van der Waals surface area contributed by atoms with E-state index >= 15 is 0 Å². The molecular formula is C32H43N4O7S-. The first-order valence-electron chi connectivity index (χ1n) is 15.1. The van der Waals surface area contributed by atoms with Gasteiger partial charge in [-0.15, -0.1) is 0 Å². The zero-order valence-electron chi connectivity index (χ0n) is 25.6. The third kappa shape index (κ3) is 8.08. The van der Waals surface area contributed by atoms with E-state index < -0.39 is 46.0 Å². The van der Waals surface area contributed by atoms with Crippen molar-refractivity contribution in [2.75, 3.05) is 38.7 Å². The van der Waals surface area contributed by atoms with Crippen LogP contribution in [0, 0.1) is 22.7 Å². The molecule has 2 fully saturated rings. The minimum Gasteiger partial charge on any atom is -0.530 e. The van der Waals surface area contributed by atoms with Crippen LogP contribution in [0.5, 0.6) is 0 Å². The van der Waals surface area contributed by atoms with Crippen LogP contribution in [0.25, 0.3) is 0 Å². The van der Waals surface area contributed by atoms with E-state index in [9.17, 15) is 23.4 Å². The number of nitrogens with one attached hydrogen (secondary N) is 1. The number of unbranched alkanes of at least 4 members (excludes halogenated alkanes) is 1. The summed E-state index contributed by atoms with van der Waals surface area (Å²) in [4.78, 5) is 14.0. The summed E-state index contributed by atoms with van der Waals surface area (Å²) >= 11 is 0. The molecule has 2 aliphatic heterocycles. The van der Waals surface area contributed by atoms with Crippen LogP contribution in [0.4, 0.5) is 10.5 Å². The van der Waals surface area contributed by atoms with Crippen molar-refractivity contribution >= 4 is 21.8 Å². The number of aliphatic hydroxyl groups excluding tert-OH is 1. The predicted molar refractivity (Wildman–Crippen MR) is 163 cm³/mol. The van der Waals surface area contributed by atoms with E-state index in [1.165, 1.54) is 16.4 Å². The lowest BCUT2D eigenvalue weighted by atomic mass is 9.87. The molecular weight excluding hydrogens is 584 g/mol. The van der Waals surface area contributed by atoms with Gasteiger partial charge >= 0.3 is 0 Å². The SMILES string of the molecule is CNc1cccc(S(=O)(=O)N(C[C@@H](O)[C@H](Cc2ccccc2)N(C(=O)[O-])[C@H]2CO[C@H]3OCC[C@H]32)CC(C)(C)CCCC#N)c1. The summed E-state index contributed by atoms with van der Waals surface area (Å²) in [7, 11) is -2.44. The summed E-state index contributed by atoms with van der Waals surface area (Å²) in [6.45, 7) is 4.08. The number of nitrogens with zero attached hydrogens (tertiary/aromatic N) is 3. The Hall–Kier alpha value is -3.21. The van der Waals surface area contributed by atoms with Crippen molar-refractivity contribution in [3.8, 4) is 6.07 Å². The van der Waals surface area contributed by atoms with Crippen LogP contribution in [0.1, 0.15) is 45.1 Å².